The molecule has 2 aromatic carbocycles. The van der Waals surface area contributed by atoms with Crippen LogP contribution in [0, 0.1) is 0 Å². The quantitative estimate of drug-likeness (QED) is 0.292. The molecule has 0 bridgehead atoms. The number of pyridine rings is 1. The Labute approximate surface area is 212 Å². The van der Waals surface area contributed by atoms with E-state index >= 15 is 0 Å². The number of anilines is 2. The maximum atomic E-state index is 12.9. The molecule has 3 heterocycles. The van der Waals surface area contributed by atoms with Crippen molar-refractivity contribution >= 4 is 51.8 Å². The largest absolute Gasteiger partial charge is 0.383 e. The van der Waals surface area contributed by atoms with Gasteiger partial charge in [-0.3, -0.25) is 14.4 Å². The molecule has 1 saturated heterocycles. The summed E-state index contributed by atoms with van der Waals surface area (Å²) in [7, 11) is 0. The van der Waals surface area contributed by atoms with Crippen molar-refractivity contribution in [3.8, 4) is 0 Å². The molecule has 5 N–H and O–H groups in total. The number of aliphatic hydroxyl groups excluding tert-OH is 1. The first-order valence-electron chi connectivity index (χ1n) is 11.8. The minimum Gasteiger partial charge on any atom is -0.383 e. The van der Waals surface area contributed by atoms with E-state index in [9.17, 15) is 19.5 Å². The van der Waals surface area contributed by atoms with E-state index in [-0.39, 0.29) is 18.2 Å². The minimum absolute atomic E-state index is 0.118. The average molecular weight is 496 g/mol. The highest BCUT2D eigenvalue weighted by Crippen LogP contribution is 2.29. The third-order valence-corrected chi connectivity index (χ3v) is 6.32. The van der Waals surface area contributed by atoms with Crippen molar-refractivity contribution in [1.82, 2.24) is 9.97 Å². The van der Waals surface area contributed by atoms with Crippen molar-refractivity contribution in [3.63, 3.8) is 0 Å². The molecule has 1 fully saturated rings. The van der Waals surface area contributed by atoms with Gasteiger partial charge in [-0.25, -0.2) is 4.98 Å². The second-order valence-corrected chi connectivity index (χ2v) is 8.80. The molecule has 1 aliphatic heterocycles. The second kappa shape index (κ2) is 10.1. The number of carbonyl (C=O) groups excluding carboxylic acids is 3. The number of nitrogens with two attached hydrogens (primary N) is 1. The molecule has 4 aromatic rings. The lowest BCUT2D eigenvalue weighted by Crippen LogP contribution is -2.29. The Morgan fingerprint density at radius 2 is 1.89 bits per heavy atom. The summed E-state index contributed by atoms with van der Waals surface area (Å²) in [5, 5.41) is 13.3. The Balaban J connectivity index is 1.37. The van der Waals surface area contributed by atoms with E-state index in [4.69, 9.17) is 5.73 Å². The molecule has 2 aromatic heterocycles. The minimum atomic E-state index is -0.956. The lowest BCUT2D eigenvalue weighted by Gasteiger charge is -2.16. The monoisotopic (exact) mass is 495 g/mol. The van der Waals surface area contributed by atoms with Gasteiger partial charge in [0.1, 0.15) is 11.8 Å². The topological polar surface area (TPSA) is 141 Å². The van der Waals surface area contributed by atoms with Crippen LogP contribution < -0.4 is 16.0 Å². The number of amides is 3. The molecule has 5 rings (SSSR count). The van der Waals surface area contributed by atoms with Gasteiger partial charge >= 0.3 is 0 Å². The van der Waals surface area contributed by atoms with Crippen LogP contribution in [0.25, 0.3) is 22.7 Å². The first kappa shape index (κ1) is 24.0. The number of aliphatic hydroxyl groups is 1. The van der Waals surface area contributed by atoms with Gasteiger partial charge < -0.3 is 26.0 Å². The summed E-state index contributed by atoms with van der Waals surface area (Å²) in [4.78, 5) is 46.1. The van der Waals surface area contributed by atoms with Gasteiger partial charge in [-0.15, -0.1) is 0 Å². The lowest BCUT2D eigenvalue weighted by atomic mass is 10.0. The van der Waals surface area contributed by atoms with Gasteiger partial charge in [-0.05, 0) is 35.4 Å². The van der Waals surface area contributed by atoms with E-state index in [0.29, 0.717) is 52.1 Å². The number of benzene rings is 2. The molecule has 0 aliphatic carbocycles. The zero-order chi connectivity index (χ0) is 25.9. The Kier molecular flexibility index (Phi) is 6.53. The maximum Gasteiger partial charge on any atom is 0.255 e. The van der Waals surface area contributed by atoms with Crippen LogP contribution in [0.1, 0.15) is 23.1 Å². The number of primary amides is 1. The van der Waals surface area contributed by atoms with Crippen LogP contribution >= 0.6 is 0 Å². The number of aromatic amines is 1. The lowest BCUT2D eigenvalue weighted by molar-refractivity contribution is -0.124. The Morgan fingerprint density at radius 3 is 2.57 bits per heavy atom. The molecule has 186 valence electrons. The third-order valence-electron chi connectivity index (χ3n) is 6.32. The average Bonchev–Trinajstić information content (AvgIpc) is 3.46. The fourth-order valence-electron chi connectivity index (χ4n) is 4.46. The van der Waals surface area contributed by atoms with Crippen LogP contribution in [0.5, 0.6) is 0 Å². The first-order valence-corrected chi connectivity index (χ1v) is 11.8. The number of hydrogen-bond donors (Lipinski definition) is 4. The second-order valence-electron chi connectivity index (χ2n) is 8.80. The Morgan fingerprint density at radius 1 is 1.14 bits per heavy atom. The Bertz CT molecular complexity index is 1510. The third kappa shape index (κ3) is 4.98. The molecule has 37 heavy (non-hydrogen) atoms. The molecular weight excluding hydrogens is 470 g/mol. The van der Waals surface area contributed by atoms with Gasteiger partial charge in [-0.1, -0.05) is 42.5 Å². The number of fused-ring (bicyclic) bond motifs is 1. The van der Waals surface area contributed by atoms with E-state index in [1.54, 1.807) is 65.8 Å². The number of rotatable bonds is 7. The molecule has 0 saturated carbocycles. The van der Waals surface area contributed by atoms with Crippen molar-refractivity contribution in [2.24, 2.45) is 5.73 Å². The highest BCUT2D eigenvalue weighted by Gasteiger charge is 2.30. The number of nitrogens with one attached hydrogen (secondary N) is 2. The summed E-state index contributed by atoms with van der Waals surface area (Å²) >= 11 is 0. The first-order chi connectivity index (χ1) is 17.9. The number of carbonyl (C=O) groups is 3. The van der Waals surface area contributed by atoms with Gasteiger partial charge in [0, 0.05) is 47.6 Å². The molecule has 9 heteroatoms. The van der Waals surface area contributed by atoms with Gasteiger partial charge in [0.15, 0.2) is 0 Å². The zero-order valence-electron chi connectivity index (χ0n) is 19.8. The predicted molar refractivity (Wildman–Crippen MR) is 141 cm³/mol. The van der Waals surface area contributed by atoms with Gasteiger partial charge in [-0.2, -0.15) is 0 Å². The number of aromatic nitrogens is 2. The summed E-state index contributed by atoms with van der Waals surface area (Å²) in [5.41, 5.74) is 9.92. The fourth-order valence-corrected chi connectivity index (χ4v) is 4.46. The standard InChI is InChI=1S/C28H25N5O4/c29-26(36)21(18-4-2-1-3-5-18)15-19-16-31-27-25(19)22(10-12-30-27)32-24(35)14-17-6-8-20(9-7-17)33-13-11-23(34)28(33)37/h1-10,12,15-16,23,34H,11,13-14H2,(H2,29,36)(H2,30,31,32,35). The summed E-state index contributed by atoms with van der Waals surface area (Å²) in [6, 6.07) is 17.9. The Hall–Kier alpha value is -4.76. The van der Waals surface area contributed by atoms with Crippen molar-refractivity contribution in [2.45, 2.75) is 18.9 Å². The van der Waals surface area contributed by atoms with Crippen molar-refractivity contribution < 1.29 is 19.5 Å². The van der Waals surface area contributed by atoms with E-state index in [1.165, 1.54) is 0 Å². The summed E-state index contributed by atoms with van der Waals surface area (Å²) in [6.45, 7) is 0.465. The van der Waals surface area contributed by atoms with Crippen LogP contribution in [0.15, 0.2) is 73.1 Å². The molecule has 3 amide bonds. The van der Waals surface area contributed by atoms with Crippen molar-refractivity contribution in [1.29, 1.82) is 0 Å². The van der Waals surface area contributed by atoms with Crippen molar-refractivity contribution in [2.75, 3.05) is 16.8 Å². The summed E-state index contributed by atoms with van der Waals surface area (Å²) in [6.07, 6.45) is 4.56. The van der Waals surface area contributed by atoms with Crippen molar-refractivity contribution in [3.05, 3.63) is 89.7 Å². The maximum absolute atomic E-state index is 12.9. The SMILES string of the molecule is NC(=O)C(=Cc1c[nH]c2nccc(NC(=O)Cc3ccc(N4CCC(O)C4=O)cc3)c12)c1ccccc1. The number of hydrogen-bond acceptors (Lipinski definition) is 5. The molecule has 0 radical (unpaired) electrons. The molecule has 0 spiro atoms. The van der Waals surface area contributed by atoms with Crippen LogP contribution in [-0.4, -0.2) is 45.4 Å². The zero-order valence-corrected chi connectivity index (χ0v) is 19.8. The van der Waals surface area contributed by atoms with Gasteiger partial charge in [0.05, 0.1) is 12.1 Å². The molecule has 1 aliphatic rings. The fraction of sp³-hybridized carbons (Fsp3) is 0.143. The highest BCUT2D eigenvalue weighted by atomic mass is 16.3. The van der Waals surface area contributed by atoms with Crippen LogP contribution in [-0.2, 0) is 20.8 Å². The van der Waals surface area contributed by atoms with Gasteiger partial charge in [0.2, 0.25) is 11.8 Å². The normalized spacial score (nSPS) is 15.8. The molecule has 1 unspecified atom stereocenters. The smallest absolute Gasteiger partial charge is 0.255 e. The molecule has 1 atom stereocenters. The summed E-state index contributed by atoms with van der Waals surface area (Å²) in [5.74, 6) is -1.11. The van der Waals surface area contributed by atoms with E-state index < -0.39 is 12.0 Å². The molecule has 9 nitrogen and oxygen atoms in total. The summed E-state index contributed by atoms with van der Waals surface area (Å²) < 4.78 is 0. The number of H-pyrrole nitrogens is 1. The molecular formula is C28H25N5O4. The van der Waals surface area contributed by atoms with Crippen LogP contribution in [0.2, 0.25) is 0 Å². The van der Waals surface area contributed by atoms with E-state index in [1.807, 2.05) is 18.2 Å². The van der Waals surface area contributed by atoms with E-state index in [0.717, 1.165) is 5.56 Å². The predicted octanol–water partition coefficient (Wildman–Crippen LogP) is 2.87. The van der Waals surface area contributed by atoms with Gasteiger partial charge in [0.25, 0.3) is 5.91 Å². The number of nitrogens with zero attached hydrogens (tertiary/aromatic N) is 2. The highest BCUT2D eigenvalue weighted by molar-refractivity contribution is 6.24. The van der Waals surface area contributed by atoms with Crippen LogP contribution in [0.4, 0.5) is 11.4 Å². The van der Waals surface area contributed by atoms with Crippen LogP contribution in [0.3, 0.4) is 0 Å². The van der Waals surface area contributed by atoms with E-state index in [2.05, 4.69) is 15.3 Å².